The predicted molar refractivity (Wildman–Crippen MR) is 41.8 cm³/mol. The second kappa shape index (κ2) is 5.92. The maximum atomic E-state index is 12.2. The Morgan fingerprint density at radius 3 is 2.08 bits per heavy atom. The number of hydrogen-bond acceptors (Lipinski definition) is 1. The molecular formula is C7H11BF3KO. The van der Waals surface area contributed by atoms with Crippen molar-refractivity contribution < 1.29 is 69.1 Å². The molecule has 1 heterocycles. The fraction of sp³-hybridized carbons (Fsp3) is 0.714. The average Bonchev–Trinajstić information content (AvgIpc) is 2.03. The van der Waals surface area contributed by atoms with E-state index < -0.39 is 18.4 Å². The second-order valence-corrected chi connectivity index (χ2v) is 3.04. The third kappa shape index (κ3) is 4.49. The van der Waals surface area contributed by atoms with E-state index in [1.807, 2.05) is 0 Å². The molecule has 1 nitrogen and oxygen atoms in total. The monoisotopic (exact) mass is 218 g/mol. The SMILES string of the molecule is C=C(C1CCOCC1)[B-](F)(F)F.[K+]. The molecule has 0 aromatic rings. The standard InChI is InChI=1S/C7H11BF3O.K/c1-6(8(9,10)11)7-2-4-12-5-3-7;/h7H,1-5H2;/q-1;+1. The molecule has 0 aromatic carbocycles. The summed E-state index contributed by atoms with van der Waals surface area (Å²) in [4.78, 5) is 0. The predicted octanol–water partition coefficient (Wildman–Crippen LogP) is -0.640. The summed E-state index contributed by atoms with van der Waals surface area (Å²) in [6.07, 6.45) is 0.917. The topological polar surface area (TPSA) is 9.23 Å². The third-order valence-electron chi connectivity index (χ3n) is 2.17. The molecule has 0 aromatic heterocycles. The van der Waals surface area contributed by atoms with E-state index >= 15 is 0 Å². The van der Waals surface area contributed by atoms with Crippen LogP contribution in [0.2, 0.25) is 0 Å². The van der Waals surface area contributed by atoms with Gasteiger partial charge in [0.15, 0.2) is 0 Å². The summed E-state index contributed by atoms with van der Waals surface area (Å²) >= 11 is 0. The minimum atomic E-state index is -4.85. The largest absolute Gasteiger partial charge is 1.00 e. The zero-order valence-electron chi connectivity index (χ0n) is 7.73. The van der Waals surface area contributed by atoms with Gasteiger partial charge in [0.2, 0.25) is 0 Å². The fourth-order valence-electron chi connectivity index (χ4n) is 1.34. The van der Waals surface area contributed by atoms with Crippen molar-refractivity contribution in [3.05, 3.63) is 12.1 Å². The maximum Gasteiger partial charge on any atom is 1.00 e. The van der Waals surface area contributed by atoms with E-state index in [4.69, 9.17) is 4.74 Å². The summed E-state index contributed by atoms with van der Waals surface area (Å²) in [5.41, 5.74) is -0.543. The van der Waals surface area contributed by atoms with Crippen LogP contribution in [0.1, 0.15) is 12.8 Å². The first-order chi connectivity index (χ1) is 5.52. The summed E-state index contributed by atoms with van der Waals surface area (Å²) in [5, 5.41) is 0. The number of allylic oxidation sites excluding steroid dienone is 1. The molecule has 0 unspecified atom stereocenters. The van der Waals surface area contributed by atoms with Crippen LogP contribution in [0.4, 0.5) is 12.9 Å². The molecule has 1 aliphatic heterocycles. The molecule has 0 aliphatic carbocycles. The molecule has 6 heteroatoms. The van der Waals surface area contributed by atoms with E-state index in [0.717, 1.165) is 0 Å². The van der Waals surface area contributed by atoms with Crippen LogP contribution >= 0.6 is 0 Å². The second-order valence-electron chi connectivity index (χ2n) is 3.04. The number of hydrogen-bond donors (Lipinski definition) is 0. The Labute approximate surface area is 119 Å². The summed E-state index contributed by atoms with van der Waals surface area (Å²) in [5.74, 6) is -0.404. The number of ether oxygens (including phenoxy) is 1. The molecule has 13 heavy (non-hydrogen) atoms. The molecule has 0 radical (unpaired) electrons. The normalized spacial score (nSPS) is 19.3. The van der Waals surface area contributed by atoms with Gasteiger partial charge < -0.3 is 17.7 Å². The first-order valence-electron chi connectivity index (χ1n) is 3.98. The van der Waals surface area contributed by atoms with Crippen molar-refractivity contribution in [3.63, 3.8) is 0 Å². The van der Waals surface area contributed by atoms with Gasteiger partial charge >= 0.3 is 58.4 Å². The molecule has 1 saturated heterocycles. The minimum Gasteiger partial charge on any atom is -0.445 e. The van der Waals surface area contributed by atoms with Gasteiger partial charge in [0.25, 0.3) is 0 Å². The van der Waals surface area contributed by atoms with Crippen LogP contribution < -0.4 is 51.4 Å². The number of halogens is 3. The molecule has 0 N–H and O–H groups in total. The van der Waals surface area contributed by atoms with Crippen molar-refractivity contribution >= 4 is 6.98 Å². The Morgan fingerprint density at radius 1 is 1.23 bits per heavy atom. The molecule has 0 atom stereocenters. The Kier molecular flexibility index (Phi) is 6.47. The van der Waals surface area contributed by atoms with E-state index in [1.54, 1.807) is 0 Å². The van der Waals surface area contributed by atoms with Gasteiger partial charge in [0.05, 0.1) is 0 Å². The van der Waals surface area contributed by atoms with Gasteiger partial charge in [0, 0.05) is 13.2 Å². The molecule has 1 aliphatic rings. The van der Waals surface area contributed by atoms with Gasteiger partial charge in [-0.3, -0.25) is 0 Å². The van der Waals surface area contributed by atoms with E-state index in [1.165, 1.54) is 0 Å². The number of rotatable bonds is 2. The molecular weight excluding hydrogens is 207 g/mol. The Bertz CT molecular complexity index is 177. The summed E-state index contributed by atoms with van der Waals surface area (Å²) in [7, 11) is 0. The molecule has 1 rings (SSSR count). The average molecular weight is 218 g/mol. The van der Waals surface area contributed by atoms with Gasteiger partial charge in [0.1, 0.15) is 0 Å². The van der Waals surface area contributed by atoms with Crippen molar-refractivity contribution in [3.8, 4) is 0 Å². The summed E-state index contributed by atoms with van der Waals surface area (Å²) in [6, 6.07) is 0. The van der Waals surface area contributed by atoms with E-state index in [2.05, 4.69) is 6.58 Å². The molecule has 0 spiro atoms. The van der Waals surface area contributed by atoms with Crippen molar-refractivity contribution in [1.29, 1.82) is 0 Å². The minimum absolute atomic E-state index is 0. The van der Waals surface area contributed by atoms with Gasteiger partial charge in [-0.15, -0.1) is 12.1 Å². The Balaban J connectivity index is 0.00000144. The Morgan fingerprint density at radius 2 is 1.69 bits per heavy atom. The zero-order valence-corrected chi connectivity index (χ0v) is 10.9. The van der Waals surface area contributed by atoms with Crippen molar-refractivity contribution in [1.82, 2.24) is 0 Å². The van der Waals surface area contributed by atoms with Gasteiger partial charge in [-0.1, -0.05) is 0 Å². The molecule has 0 bridgehead atoms. The van der Waals surface area contributed by atoms with Crippen molar-refractivity contribution in [2.24, 2.45) is 5.92 Å². The van der Waals surface area contributed by atoms with Crippen LogP contribution in [0, 0.1) is 5.92 Å². The third-order valence-corrected chi connectivity index (χ3v) is 2.17. The summed E-state index contributed by atoms with van der Waals surface area (Å²) in [6.45, 7) is -0.898. The van der Waals surface area contributed by atoms with E-state index in [9.17, 15) is 12.9 Å². The first kappa shape index (κ1) is 14.2. The van der Waals surface area contributed by atoms with E-state index in [-0.39, 0.29) is 51.4 Å². The van der Waals surface area contributed by atoms with Crippen LogP contribution in [-0.2, 0) is 4.74 Å². The maximum absolute atomic E-state index is 12.2. The van der Waals surface area contributed by atoms with Crippen LogP contribution in [0.5, 0.6) is 0 Å². The smallest absolute Gasteiger partial charge is 0.445 e. The van der Waals surface area contributed by atoms with Crippen LogP contribution in [0.3, 0.4) is 0 Å². The molecule has 70 valence electrons. The van der Waals surface area contributed by atoms with Gasteiger partial charge in [-0.25, -0.2) is 0 Å². The van der Waals surface area contributed by atoms with E-state index in [0.29, 0.717) is 26.1 Å². The molecule has 0 saturated carbocycles. The van der Waals surface area contributed by atoms with Crippen LogP contribution in [0.15, 0.2) is 12.1 Å². The van der Waals surface area contributed by atoms with Crippen LogP contribution in [-0.4, -0.2) is 20.2 Å². The van der Waals surface area contributed by atoms with Crippen molar-refractivity contribution in [2.75, 3.05) is 13.2 Å². The quantitative estimate of drug-likeness (QED) is 0.560. The first-order valence-corrected chi connectivity index (χ1v) is 3.98. The summed E-state index contributed by atoms with van der Waals surface area (Å²) < 4.78 is 41.4. The van der Waals surface area contributed by atoms with Crippen molar-refractivity contribution in [2.45, 2.75) is 12.8 Å². The van der Waals surface area contributed by atoms with Crippen LogP contribution in [0.25, 0.3) is 0 Å². The van der Waals surface area contributed by atoms with Gasteiger partial charge in [-0.05, 0) is 18.8 Å². The molecule has 1 fully saturated rings. The zero-order chi connectivity index (χ0) is 9.19. The molecule has 0 amide bonds. The fourth-order valence-corrected chi connectivity index (χ4v) is 1.34. The Hall–Kier alpha value is 1.19. The van der Waals surface area contributed by atoms with Gasteiger partial charge in [-0.2, -0.15) is 0 Å².